The minimum absolute atomic E-state index is 0.254. The van der Waals surface area contributed by atoms with Crippen molar-refractivity contribution in [1.29, 1.82) is 0 Å². The Labute approximate surface area is 172 Å². The van der Waals surface area contributed by atoms with Gasteiger partial charge in [0.25, 0.3) is 5.56 Å². The highest BCUT2D eigenvalue weighted by atomic mass is 127. The van der Waals surface area contributed by atoms with Gasteiger partial charge < -0.3 is 5.32 Å². The van der Waals surface area contributed by atoms with E-state index < -0.39 is 11.4 Å². The van der Waals surface area contributed by atoms with E-state index in [1.807, 2.05) is 31.3 Å². The monoisotopic (exact) mass is 488 g/mol. The zero-order chi connectivity index (χ0) is 19.4. The third-order valence-electron chi connectivity index (χ3n) is 5.07. The van der Waals surface area contributed by atoms with Crippen LogP contribution in [0.3, 0.4) is 0 Å². The summed E-state index contributed by atoms with van der Waals surface area (Å²) in [6, 6.07) is 10.5. The van der Waals surface area contributed by atoms with Gasteiger partial charge >= 0.3 is 0 Å². The molecule has 9 heteroatoms. The number of aryl methyl sites for hydroxylation is 1. The molecule has 0 aliphatic carbocycles. The molecule has 0 saturated carbocycles. The number of hydrogen-bond donors (Lipinski definition) is 2. The standard InChI is InChI=1S/C19H14FIN6O/c1-27-18(22-8-23-27)15-16(9-2-4-11(21)5-3-9)24-13-7-10(20)6-12-14(13)17(15)25-26-19(12)28/h2-8,15-16,24H,1H3,(H,26,28)/t15-,16-/m1/s1. The van der Waals surface area contributed by atoms with Crippen LogP contribution < -0.4 is 10.9 Å². The lowest BCUT2D eigenvalue weighted by Crippen LogP contribution is -2.30. The fraction of sp³-hybridized carbons (Fsp3) is 0.158. The first kappa shape index (κ1) is 17.3. The van der Waals surface area contributed by atoms with E-state index in [2.05, 4.69) is 48.2 Å². The first-order chi connectivity index (χ1) is 13.5. The molecule has 1 aliphatic rings. The molecule has 0 spiro atoms. The molecule has 0 unspecified atom stereocenters. The Morgan fingerprint density at radius 3 is 2.71 bits per heavy atom. The van der Waals surface area contributed by atoms with Gasteiger partial charge in [0.05, 0.1) is 23.0 Å². The van der Waals surface area contributed by atoms with E-state index in [9.17, 15) is 9.18 Å². The molecular formula is C19H14FIN6O. The van der Waals surface area contributed by atoms with Crippen LogP contribution in [0.2, 0.25) is 0 Å². The van der Waals surface area contributed by atoms with Gasteiger partial charge in [-0.25, -0.2) is 14.5 Å². The van der Waals surface area contributed by atoms with Crippen LogP contribution in [-0.2, 0) is 7.05 Å². The van der Waals surface area contributed by atoms with Crippen LogP contribution in [-0.4, -0.2) is 25.0 Å². The maximum absolute atomic E-state index is 14.2. The fourth-order valence-corrected chi connectivity index (χ4v) is 4.20. The average Bonchev–Trinajstić information content (AvgIpc) is 3.10. The maximum atomic E-state index is 14.2. The van der Waals surface area contributed by atoms with E-state index in [1.165, 1.54) is 18.5 Å². The minimum atomic E-state index is -0.476. The van der Waals surface area contributed by atoms with Crippen molar-refractivity contribution in [3.63, 3.8) is 0 Å². The fourth-order valence-electron chi connectivity index (χ4n) is 3.84. The number of benzene rings is 2. The van der Waals surface area contributed by atoms with E-state index in [1.54, 1.807) is 4.68 Å². The van der Waals surface area contributed by atoms with Crippen LogP contribution >= 0.6 is 22.6 Å². The van der Waals surface area contributed by atoms with Crippen LogP contribution in [0.4, 0.5) is 10.1 Å². The molecule has 1 aliphatic heterocycles. The number of rotatable bonds is 2. The van der Waals surface area contributed by atoms with Gasteiger partial charge in [0.2, 0.25) is 0 Å². The molecule has 2 aromatic carbocycles. The van der Waals surface area contributed by atoms with Crippen molar-refractivity contribution in [3.8, 4) is 0 Å². The molecule has 3 heterocycles. The summed E-state index contributed by atoms with van der Waals surface area (Å²) >= 11 is 2.25. The maximum Gasteiger partial charge on any atom is 0.272 e. The van der Waals surface area contributed by atoms with E-state index in [-0.39, 0.29) is 17.3 Å². The van der Waals surface area contributed by atoms with Crippen molar-refractivity contribution in [2.75, 3.05) is 5.32 Å². The third-order valence-corrected chi connectivity index (χ3v) is 5.79. The molecule has 2 aromatic heterocycles. The van der Waals surface area contributed by atoms with Gasteiger partial charge in [-0.05, 0) is 52.4 Å². The number of hydrogen-bond acceptors (Lipinski definition) is 5. The van der Waals surface area contributed by atoms with Crippen molar-refractivity contribution < 1.29 is 4.39 Å². The molecular weight excluding hydrogens is 474 g/mol. The summed E-state index contributed by atoms with van der Waals surface area (Å²) in [6.45, 7) is 0. The van der Waals surface area contributed by atoms with Gasteiger partial charge in [-0.15, -0.1) is 0 Å². The minimum Gasteiger partial charge on any atom is -0.376 e. The van der Waals surface area contributed by atoms with Crippen LogP contribution in [0.15, 0.2) is 47.5 Å². The number of H-pyrrole nitrogens is 1. The molecule has 2 N–H and O–H groups in total. The van der Waals surface area contributed by atoms with Gasteiger partial charge in [-0.3, -0.25) is 9.48 Å². The number of anilines is 1. The normalized spacial score (nSPS) is 18.2. The highest BCUT2D eigenvalue weighted by Gasteiger charge is 2.37. The average molecular weight is 488 g/mol. The zero-order valence-corrected chi connectivity index (χ0v) is 16.8. The first-order valence-corrected chi connectivity index (χ1v) is 9.68. The van der Waals surface area contributed by atoms with Crippen LogP contribution in [0.5, 0.6) is 0 Å². The Kier molecular flexibility index (Phi) is 3.93. The highest BCUT2D eigenvalue weighted by Crippen LogP contribution is 2.45. The van der Waals surface area contributed by atoms with E-state index in [0.717, 1.165) is 9.13 Å². The Hall–Kier alpha value is -2.82. The molecule has 140 valence electrons. The summed E-state index contributed by atoms with van der Waals surface area (Å²) in [7, 11) is 1.82. The summed E-state index contributed by atoms with van der Waals surface area (Å²) in [5.41, 5.74) is 1.77. The lowest BCUT2D eigenvalue weighted by atomic mass is 9.83. The molecule has 0 saturated heterocycles. The first-order valence-electron chi connectivity index (χ1n) is 8.60. The van der Waals surface area contributed by atoms with Crippen molar-refractivity contribution in [1.82, 2.24) is 25.0 Å². The van der Waals surface area contributed by atoms with Crippen LogP contribution in [0.1, 0.15) is 29.0 Å². The van der Waals surface area contributed by atoms with E-state index in [4.69, 9.17) is 0 Å². The molecule has 2 atom stereocenters. The second-order valence-corrected chi connectivity index (χ2v) is 7.95. The lowest BCUT2D eigenvalue weighted by molar-refractivity contribution is 0.564. The summed E-state index contributed by atoms with van der Waals surface area (Å²) in [4.78, 5) is 16.7. The predicted molar refractivity (Wildman–Crippen MR) is 111 cm³/mol. The number of nitrogens with one attached hydrogen (secondary N) is 2. The third kappa shape index (κ3) is 2.60. The molecule has 0 amide bonds. The Balaban J connectivity index is 1.82. The second-order valence-electron chi connectivity index (χ2n) is 6.71. The van der Waals surface area contributed by atoms with Gasteiger partial charge in [-0.2, -0.15) is 10.2 Å². The summed E-state index contributed by atoms with van der Waals surface area (Å²) in [5.74, 6) is -0.0899. The molecule has 0 fully saturated rings. The summed E-state index contributed by atoms with van der Waals surface area (Å²) < 4.78 is 17.0. The molecule has 7 nitrogen and oxygen atoms in total. The summed E-state index contributed by atoms with van der Waals surface area (Å²) in [6.07, 6.45) is 1.49. The van der Waals surface area contributed by atoms with Crippen LogP contribution in [0.25, 0.3) is 10.8 Å². The highest BCUT2D eigenvalue weighted by molar-refractivity contribution is 14.1. The number of halogens is 2. The van der Waals surface area contributed by atoms with Gasteiger partial charge in [0.15, 0.2) is 0 Å². The topological polar surface area (TPSA) is 88.5 Å². The van der Waals surface area contributed by atoms with Crippen molar-refractivity contribution >= 4 is 39.1 Å². The van der Waals surface area contributed by atoms with Crippen LogP contribution in [0, 0.1) is 9.39 Å². The quantitative estimate of drug-likeness (QED) is 0.424. The van der Waals surface area contributed by atoms with Crippen molar-refractivity contribution in [3.05, 3.63) is 79.5 Å². The molecule has 4 aromatic rings. The van der Waals surface area contributed by atoms with E-state index >= 15 is 0 Å². The lowest BCUT2D eigenvalue weighted by Gasteiger charge is -2.33. The van der Waals surface area contributed by atoms with Gasteiger partial charge in [0, 0.05) is 21.7 Å². The van der Waals surface area contributed by atoms with Crippen molar-refractivity contribution in [2.45, 2.75) is 12.0 Å². The van der Waals surface area contributed by atoms with Gasteiger partial charge in [0.1, 0.15) is 18.0 Å². The predicted octanol–water partition coefficient (Wildman–Crippen LogP) is 3.09. The smallest absolute Gasteiger partial charge is 0.272 e. The van der Waals surface area contributed by atoms with E-state index in [0.29, 0.717) is 22.6 Å². The van der Waals surface area contributed by atoms with Gasteiger partial charge in [-0.1, -0.05) is 12.1 Å². The number of nitrogens with zero attached hydrogens (tertiary/aromatic N) is 4. The Bertz CT molecular complexity index is 1270. The van der Waals surface area contributed by atoms with Crippen molar-refractivity contribution in [2.24, 2.45) is 7.05 Å². The molecule has 0 radical (unpaired) electrons. The Morgan fingerprint density at radius 1 is 1.21 bits per heavy atom. The summed E-state index contributed by atoms with van der Waals surface area (Å²) in [5, 5.41) is 15.4. The second kappa shape index (κ2) is 6.36. The molecule has 28 heavy (non-hydrogen) atoms. The SMILES string of the molecule is Cn1ncnc1[C@H]1c2n[nH]c(=O)c3cc(F)cc(c23)N[C@@H]1c1ccc(I)cc1. The molecule has 5 rings (SSSR count). The largest absolute Gasteiger partial charge is 0.376 e. The Morgan fingerprint density at radius 2 is 2.00 bits per heavy atom. The zero-order valence-electron chi connectivity index (χ0n) is 14.6. The molecule has 0 bridgehead atoms. The number of aromatic nitrogens is 5. The number of aromatic amines is 1.